The van der Waals surface area contributed by atoms with Crippen molar-refractivity contribution < 1.29 is 24.0 Å². The predicted octanol–water partition coefficient (Wildman–Crippen LogP) is 6.49. The Balaban J connectivity index is 1.71. The SMILES string of the molecule is CCCCCC(OC(C)=O)c1ccc([C@@H]2C[C@H](Cl)C[C@@H]2OC(=O)c2ccc([N+](=O)[O-])cc2)cc1. The number of hydrogen-bond acceptors (Lipinski definition) is 6. The number of esters is 2. The van der Waals surface area contributed by atoms with E-state index in [1.807, 2.05) is 24.3 Å². The van der Waals surface area contributed by atoms with Crippen molar-refractivity contribution in [3.63, 3.8) is 0 Å². The highest BCUT2D eigenvalue weighted by Gasteiger charge is 2.37. The number of nitro groups is 1. The summed E-state index contributed by atoms with van der Waals surface area (Å²) in [6, 6.07) is 13.3. The lowest BCUT2D eigenvalue weighted by molar-refractivity contribution is -0.384. The number of carbonyl (C=O) groups is 2. The fourth-order valence-electron chi connectivity index (χ4n) is 4.38. The number of hydrogen-bond donors (Lipinski definition) is 0. The summed E-state index contributed by atoms with van der Waals surface area (Å²) in [5.74, 6) is -0.895. The van der Waals surface area contributed by atoms with Gasteiger partial charge < -0.3 is 9.47 Å². The van der Waals surface area contributed by atoms with E-state index < -0.39 is 17.0 Å². The molecule has 2 aromatic rings. The highest BCUT2D eigenvalue weighted by atomic mass is 35.5. The molecule has 7 nitrogen and oxygen atoms in total. The molecule has 0 radical (unpaired) electrons. The number of benzene rings is 2. The maximum atomic E-state index is 12.7. The van der Waals surface area contributed by atoms with E-state index in [9.17, 15) is 19.7 Å². The lowest BCUT2D eigenvalue weighted by Crippen LogP contribution is -2.21. The molecular weight excluding hydrogens is 458 g/mol. The van der Waals surface area contributed by atoms with Crippen molar-refractivity contribution in [2.24, 2.45) is 0 Å². The minimum atomic E-state index is -0.530. The van der Waals surface area contributed by atoms with Crippen LogP contribution in [0.15, 0.2) is 48.5 Å². The Bertz CT molecular complexity index is 991. The number of halogens is 1. The first-order valence-corrected chi connectivity index (χ1v) is 12.1. The van der Waals surface area contributed by atoms with Crippen LogP contribution >= 0.6 is 11.6 Å². The highest BCUT2D eigenvalue weighted by molar-refractivity contribution is 6.20. The fraction of sp³-hybridized carbons (Fsp3) is 0.462. The van der Waals surface area contributed by atoms with Gasteiger partial charge in [-0.1, -0.05) is 44.0 Å². The number of nitrogens with zero attached hydrogens (tertiary/aromatic N) is 1. The molecule has 1 saturated carbocycles. The summed E-state index contributed by atoms with van der Waals surface area (Å²) in [5.41, 5.74) is 2.12. The molecular formula is C26H30ClNO6. The molecule has 1 fully saturated rings. The van der Waals surface area contributed by atoms with Crippen molar-refractivity contribution in [1.29, 1.82) is 0 Å². The molecule has 1 aliphatic carbocycles. The van der Waals surface area contributed by atoms with Gasteiger partial charge in [0.1, 0.15) is 12.2 Å². The predicted molar refractivity (Wildman–Crippen MR) is 129 cm³/mol. The van der Waals surface area contributed by atoms with Gasteiger partial charge in [0.15, 0.2) is 0 Å². The van der Waals surface area contributed by atoms with E-state index in [4.69, 9.17) is 21.1 Å². The average Bonchev–Trinajstić information content (AvgIpc) is 3.18. The van der Waals surface area contributed by atoms with Crippen LogP contribution in [0, 0.1) is 10.1 Å². The van der Waals surface area contributed by atoms with Crippen LogP contribution < -0.4 is 0 Å². The Morgan fingerprint density at radius 1 is 1.09 bits per heavy atom. The van der Waals surface area contributed by atoms with Gasteiger partial charge in [-0.25, -0.2) is 4.79 Å². The Kier molecular flexibility index (Phi) is 9.05. The molecule has 0 saturated heterocycles. The normalized spacial score (nSPS) is 20.5. The molecule has 182 valence electrons. The largest absolute Gasteiger partial charge is 0.458 e. The number of unbranched alkanes of at least 4 members (excludes halogenated alkanes) is 2. The molecule has 8 heteroatoms. The lowest BCUT2D eigenvalue weighted by atomic mass is 9.93. The molecule has 34 heavy (non-hydrogen) atoms. The minimum absolute atomic E-state index is 0.0641. The van der Waals surface area contributed by atoms with Gasteiger partial charge in [0.25, 0.3) is 5.69 Å². The Morgan fingerprint density at radius 3 is 2.35 bits per heavy atom. The maximum Gasteiger partial charge on any atom is 0.338 e. The first-order chi connectivity index (χ1) is 16.3. The highest BCUT2D eigenvalue weighted by Crippen LogP contribution is 2.40. The molecule has 1 unspecified atom stereocenters. The van der Waals surface area contributed by atoms with Crippen molar-refractivity contribution in [1.82, 2.24) is 0 Å². The molecule has 0 aromatic heterocycles. The third-order valence-electron chi connectivity index (χ3n) is 6.13. The van der Waals surface area contributed by atoms with Gasteiger partial charge in [0, 0.05) is 36.8 Å². The van der Waals surface area contributed by atoms with Gasteiger partial charge >= 0.3 is 11.9 Å². The van der Waals surface area contributed by atoms with Crippen LogP contribution in [-0.4, -0.2) is 28.3 Å². The van der Waals surface area contributed by atoms with Crippen LogP contribution in [0.2, 0.25) is 0 Å². The van der Waals surface area contributed by atoms with Gasteiger partial charge in [0.05, 0.1) is 10.5 Å². The molecule has 3 rings (SSSR count). The zero-order chi connectivity index (χ0) is 24.7. The summed E-state index contributed by atoms with van der Waals surface area (Å²) < 4.78 is 11.3. The van der Waals surface area contributed by atoms with Gasteiger partial charge in [-0.3, -0.25) is 14.9 Å². The Labute approximate surface area is 204 Å². The lowest BCUT2D eigenvalue weighted by Gasteiger charge is -2.22. The number of rotatable bonds is 10. The van der Waals surface area contributed by atoms with Gasteiger partial charge in [-0.2, -0.15) is 0 Å². The fourth-order valence-corrected chi connectivity index (χ4v) is 4.74. The summed E-state index contributed by atoms with van der Waals surface area (Å²) >= 11 is 6.42. The van der Waals surface area contributed by atoms with E-state index in [1.165, 1.54) is 31.2 Å². The van der Waals surface area contributed by atoms with E-state index in [-0.39, 0.29) is 34.6 Å². The first kappa shape index (κ1) is 25.7. The summed E-state index contributed by atoms with van der Waals surface area (Å²) in [4.78, 5) is 34.5. The monoisotopic (exact) mass is 487 g/mol. The Morgan fingerprint density at radius 2 is 1.76 bits per heavy atom. The molecule has 0 aliphatic heterocycles. The molecule has 0 N–H and O–H groups in total. The summed E-state index contributed by atoms with van der Waals surface area (Å²) in [5, 5.41) is 10.7. The van der Waals surface area contributed by atoms with Crippen LogP contribution in [0.1, 0.15) is 85.9 Å². The summed E-state index contributed by atoms with van der Waals surface area (Å²) in [6.45, 7) is 3.55. The average molecular weight is 488 g/mol. The van der Waals surface area contributed by atoms with Gasteiger partial charge in [0.2, 0.25) is 0 Å². The van der Waals surface area contributed by atoms with Crippen LogP contribution in [0.25, 0.3) is 0 Å². The topological polar surface area (TPSA) is 95.7 Å². The van der Waals surface area contributed by atoms with E-state index >= 15 is 0 Å². The third kappa shape index (κ3) is 6.79. The molecule has 0 bridgehead atoms. The molecule has 2 aromatic carbocycles. The smallest absolute Gasteiger partial charge is 0.338 e. The van der Waals surface area contributed by atoms with Gasteiger partial charge in [-0.05, 0) is 42.5 Å². The number of carbonyl (C=O) groups excluding carboxylic acids is 2. The quantitative estimate of drug-likeness (QED) is 0.125. The first-order valence-electron chi connectivity index (χ1n) is 11.6. The van der Waals surface area contributed by atoms with Crippen LogP contribution in [-0.2, 0) is 14.3 Å². The maximum absolute atomic E-state index is 12.7. The third-order valence-corrected chi connectivity index (χ3v) is 6.49. The number of ether oxygens (including phenoxy) is 2. The second-order valence-corrected chi connectivity index (χ2v) is 9.30. The molecule has 0 heterocycles. The van der Waals surface area contributed by atoms with Crippen LogP contribution in [0.5, 0.6) is 0 Å². The zero-order valence-corrected chi connectivity index (χ0v) is 20.2. The molecule has 0 amide bonds. The second-order valence-electron chi connectivity index (χ2n) is 8.68. The number of non-ortho nitro benzene ring substituents is 1. The van der Waals surface area contributed by atoms with E-state index in [1.54, 1.807) is 0 Å². The van der Waals surface area contributed by atoms with Crippen LogP contribution in [0.3, 0.4) is 0 Å². The molecule has 4 atom stereocenters. The van der Waals surface area contributed by atoms with E-state index in [0.717, 1.165) is 36.8 Å². The Hall–Kier alpha value is -2.93. The number of nitro benzene ring substituents is 1. The number of alkyl halides is 1. The van der Waals surface area contributed by atoms with Crippen molar-refractivity contribution in [2.75, 3.05) is 0 Å². The second kappa shape index (κ2) is 12.0. The van der Waals surface area contributed by atoms with Crippen molar-refractivity contribution in [3.05, 3.63) is 75.3 Å². The molecule has 1 aliphatic rings. The molecule has 0 spiro atoms. The van der Waals surface area contributed by atoms with E-state index in [0.29, 0.717) is 12.8 Å². The van der Waals surface area contributed by atoms with Crippen molar-refractivity contribution >= 4 is 29.2 Å². The van der Waals surface area contributed by atoms with Crippen LogP contribution in [0.4, 0.5) is 5.69 Å². The summed E-state index contributed by atoms with van der Waals surface area (Å²) in [6.07, 6.45) is 4.44. The standard InChI is InChI=1S/C26H30ClNO6/c1-3-4-5-6-24(33-17(2)29)19-9-7-18(8-10-19)23-15-21(27)16-25(23)34-26(30)20-11-13-22(14-12-20)28(31)32/h7-14,21,23-25H,3-6,15-16H2,1-2H3/t21-,23-,24?,25-/m0/s1. The van der Waals surface area contributed by atoms with Crippen molar-refractivity contribution in [2.45, 2.75) is 75.9 Å². The summed E-state index contributed by atoms with van der Waals surface area (Å²) in [7, 11) is 0. The zero-order valence-electron chi connectivity index (χ0n) is 19.4. The van der Waals surface area contributed by atoms with Crippen molar-refractivity contribution in [3.8, 4) is 0 Å². The van der Waals surface area contributed by atoms with E-state index in [2.05, 4.69) is 6.92 Å². The minimum Gasteiger partial charge on any atom is -0.458 e. The van der Waals surface area contributed by atoms with Gasteiger partial charge in [-0.15, -0.1) is 11.6 Å².